The van der Waals surface area contributed by atoms with Gasteiger partial charge in [-0.1, -0.05) is 30.9 Å². The molecule has 2 aromatic rings. The fraction of sp³-hybridized carbons (Fsp3) is 0.125. The van der Waals surface area contributed by atoms with Crippen LogP contribution < -0.4 is 9.47 Å². The normalized spacial score (nSPS) is 10.9. The molecule has 5 heteroatoms. The maximum absolute atomic E-state index is 11.7. The van der Waals surface area contributed by atoms with E-state index >= 15 is 0 Å². The summed E-state index contributed by atoms with van der Waals surface area (Å²) < 4.78 is 34.5. The van der Waals surface area contributed by atoms with Crippen LogP contribution in [0.25, 0.3) is 0 Å². The van der Waals surface area contributed by atoms with Crippen LogP contribution in [-0.4, -0.2) is 21.3 Å². The van der Waals surface area contributed by atoms with Gasteiger partial charge in [0.25, 0.3) is 0 Å². The smallest absolute Gasteiger partial charge is 0.175 e. The molecule has 0 aliphatic heterocycles. The van der Waals surface area contributed by atoms with E-state index < -0.39 is 9.84 Å². The lowest BCUT2D eigenvalue weighted by atomic mass is 10.3. The van der Waals surface area contributed by atoms with Gasteiger partial charge in [0.1, 0.15) is 12.4 Å². The topological polar surface area (TPSA) is 52.6 Å². The molecule has 0 saturated carbocycles. The minimum absolute atomic E-state index is 0.180. The van der Waals surface area contributed by atoms with Crippen molar-refractivity contribution in [2.75, 3.05) is 12.9 Å². The Kier molecular flexibility index (Phi) is 4.65. The zero-order valence-electron chi connectivity index (χ0n) is 11.7. The molecule has 0 heterocycles. The van der Waals surface area contributed by atoms with E-state index in [1.165, 1.54) is 12.1 Å². The van der Waals surface area contributed by atoms with Crippen LogP contribution in [0.2, 0.25) is 0 Å². The van der Waals surface area contributed by atoms with Gasteiger partial charge in [0, 0.05) is 12.3 Å². The summed E-state index contributed by atoms with van der Waals surface area (Å²) in [4.78, 5) is 0.180. The average molecular weight is 304 g/mol. The van der Waals surface area contributed by atoms with Crippen LogP contribution in [0.5, 0.6) is 17.2 Å². The average Bonchev–Trinajstić information content (AvgIpc) is 2.46. The highest BCUT2D eigenvalue weighted by atomic mass is 32.2. The monoisotopic (exact) mass is 304 g/mol. The summed E-state index contributed by atoms with van der Waals surface area (Å²) in [6.45, 7) is 3.89. The molecule has 0 N–H and O–H groups in total. The molecular formula is C16H16O4S. The van der Waals surface area contributed by atoms with E-state index in [2.05, 4.69) is 6.58 Å². The Labute approximate surface area is 124 Å². The molecule has 0 atom stereocenters. The van der Waals surface area contributed by atoms with Gasteiger partial charge in [-0.05, 0) is 24.3 Å². The zero-order chi connectivity index (χ0) is 15.3. The summed E-state index contributed by atoms with van der Waals surface area (Å²) in [7, 11) is -3.31. The number of sulfone groups is 1. The first-order valence-corrected chi connectivity index (χ1v) is 8.20. The van der Waals surface area contributed by atoms with Crippen molar-refractivity contribution in [1.82, 2.24) is 0 Å². The lowest BCUT2D eigenvalue weighted by Gasteiger charge is -2.12. The van der Waals surface area contributed by atoms with E-state index in [1.54, 1.807) is 24.3 Å². The molecule has 0 fully saturated rings. The van der Waals surface area contributed by atoms with Gasteiger partial charge in [-0.15, -0.1) is 0 Å². The Balaban J connectivity index is 2.40. The third kappa shape index (κ3) is 4.10. The Bertz CT molecular complexity index is 721. The van der Waals surface area contributed by atoms with E-state index in [9.17, 15) is 8.42 Å². The van der Waals surface area contributed by atoms with E-state index in [1.807, 2.05) is 18.2 Å². The molecule has 0 aliphatic carbocycles. The molecule has 0 aliphatic rings. The number of para-hydroxylation sites is 1. The minimum Gasteiger partial charge on any atom is -0.486 e. The van der Waals surface area contributed by atoms with Crippen LogP contribution in [0.1, 0.15) is 0 Å². The Morgan fingerprint density at radius 3 is 2.43 bits per heavy atom. The minimum atomic E-state index is -3.31. The Morgan fingerprint density at radius 1 is 1.10 bits per heavy atom. The van der Waals surface area contributed by atoms with Gasteiger partial charge >= 0.3 is 0 Å². The number of ether oxygens (including phenoxy) is 2. The second-order valence-corrected chi connectivity index (χ2v) is 6.41. The second kappa shape index (κ2) is 6.45. The highest BCUT2D eigenvalue weighted by molar-refractivity contribution is 7.90. The predicted octanol–water partition coefficient (Wildman–Crippen LogP) is 3.45. The molecule has 110 valence electrons. The molecular weight excluding hydrogens is 288 g/mol. The first kappa shape index (κ1) is 15.1. The molecule has 21 heavy (non-hydrogen) atoms. The SMILES string of the molecule is C=CCOc1ccc(S(C)(=O)=O)cc1Oc1ccccc1. The quantitative estimate of drug-likeness (QED) is 0.767. The Hall–Kier alpha value is -2.27. The molecule has 0 radical (unpaired) electrons. The molecule has 0 saturated heterocycles. The summed E-state index contributed by atoms with van der Waals surface area (Å²) in [5, 5.41) is 0. The molecule has 0 spiro atoms. The molecule has 0 amide bonds. The van der Waals surface area contributed by atoms with Gasteiger partial charge in [0.05, 0.1) is 4.90 Å². The van der Waals surface area contributed by atoms with Crippen molar-refractivity contribution in [2.24, 2.45) is 0 Å². The highest BCUT2D eigenvalue weighted by Gasteiger charge is 2.13. The molecule has 0 unspecified atom stereocenters. The van der Waals surface area contributed by atoms with Crippen LogP contribution in [0.3, 0.4) is 0 Å². The van der Waals surface area contributed by atoms with Crippen molar-refractivity contribution in [3.8, 4) is 17.2 Å². The second-order valence-electron chi connectivity index (χ2n) is 4.40. The number of rotatable bonds is 6. The third-order valence-electron chi connectivity index (χ3n) is 2.67. The van der Waals surface area contributed by atoms with Crippen molar-refractivity contribution < 1.29 is 17.9 Å². The highest BCUT2D eigenvalue weighted by Crippen LogP contribution is 2.33. The van der Waals surface area contributed by atoms with Gasteiger partial charge in [0.2, 0.25) is 0 Å². The van der Waals surface area contributed by atoms with Crippen LogP contribution in [-0.2, 0) is 9.84 Å². The molecule has 2 rings (SSSR count). The van der Waals surface area contributed by atoms with Gasteiger partial charge < -0.3 is 9.47 Å². The fourth-order valence-electron chi connectivity index (χ4n) is 1.68. The van der Waals surface area contributed by atoms with E-state index in [-0.39, 0.29) is 4.90 Å². The third-order valence-corrected chi connectivity index (χ3v) is 3.78. The standard InChI is InChI=1S/C16H16O4S/c1-3-11-19-15-10-9-14(21(2,17)18)12-16(15)20-13-7-5-4-6-8-13/h3-10,12H,1,11H2,2H3. The van der Waals surface area contributed by atoms with Gasteiger partial charge in [-0.3, -0.25) is 0 Å². The van der Waals surface area contributed by atoms with Crippen LogP contribution in [0.4, 0.5) is 0 Å². The number of benzene rings is 2. The summed E-state index contributed by atoms with van der Waals surface area (Å²) in [5.74, 6) is 1.42. The van der Waals surface area contributed by atoms with Gasteiger partial charge in [-0.2, -0.15) is 0 Å². The van der Waals surface area contributed by atoms with Crippen molar-refractivity contribution in [3.05, 3.63) is 61.2 Å². The largest absolute Gasteiger partial charge is 0.486 e. The van der Waals surface area contributed by atoms with E-state index in [0.29, 0.717) is 23.9 Å². The van der Waals surface area contributed by atoms with Crippen LogP contribution >= 0.6 is 0 Å². The number of hydrogen-bond acceptors (Lipinski definition) is 4. The van der Waals surface area contributed by atoms with Crippen LogP contribution in [0.15, 0.2) is 66.1 Å². The van der Waals surface area contributed by atoms with Crippen LogP contribution in [0, 0.1) is 0 Å². The molecule has 0 aromatic heterocycles. The summed E-state index contributed by atoms with van der Waals surface area (Å²) >= 11 is 0. The maximum Gasteiger partial charge on any atom is 0.175 e. The van der Waals surface area contributed by atoms with E-state index in [0.717, 1.165) is 6.26 Å². The van der Waals surface area contributed by atoms with Crippen molar-refractivity contribution >= 4 is 9.84 Å². The van der Waals surface area contributed by atoms with Crippen molar-refractivity contribution in [1.29, 1.82) is 0 Å². The van der Waals surface area contributed by atoms with Crippen molar-refractivity contribution in [3.63, 3.8) is 0 Å². The van der Waals surface area contributed by atoms with Crippen molar-refractivity contribution in [2.45, 2.75) is 4.90 Å². The fourth-order valence-corrected chi connectivity index (χ4v) is 2.32. The van der Waals surface area contributed by atoms with Gasteiger partial charge in [0.15, 0.2) is 21.3 Å². The molecule has 0 bridgehead atoms. The molecule has 2 aromatic carbocycles. The first-order chi connectivity index (χ1) is 10.0. The van der Waals surface area contributed by atoms with E-state index in [4.69, 9.17) is 9.47 Å². The lowest BCUT2D eigenvalue weighted by molar-refractivity contribution is 0.339. The Morgan fingerprint density at radius 2 is 1.81 bits per heavy atom. The summed E-state index contributed by atoms with van der Waals surface area (Å²) in [6, 6.07) is 13.6. The first-order valence-electron chi connectivity index (χ1n) is 6.31. The summed E-state index contributed by atoms with van der Waals surface area (Å²) in [6.07, 6.45) is 2.76. The molecule has 4 nitrogen and oxygen atoms in total. The lowest BCUT2D eigenvalue weighted by Crippen LogP contribution is -2.00. The summed E-state index contributed by atoms with van der Waals surface area (Å²) in [5.41, 5.74) is 0. The predicted molar refractivity (Wildman–Crippen MR) is 81.8 cm³/mol. The number of hydrogen-bond donors (Lipinski definition) is 0. The zero-order valence-corrected chi connectivity index (χ0v) is 12.5. The van der Waals surface area contributed by atoms with Gasteiger partial charge in [-0.25, -0.2) is 8.42 Å². The maximum atomic E-state index is 11.7.